The molecule has 0 bridgehead atoms. The van der Waals surface area contributed by atoms with Crippen LogP contribution in [0.1, 0.15) is 39.3 Å². The number of para-hydroxylation sites is 1. The van der Waals surface area contributed by atoms with Gasteiger partial charge in [0.25, 0.3) is 5.91 Å². The van der Waals surface area contributed by atoms with Gasteiger partial charge in [0.1, 0.15) is 0 Å². The van der Waals surface area contributed by atoms with Gasteiger partial charge in [-0.05, 0) is 32.9 Å². The number of benzene rings is 1. The molecule has 1 aromatic carbocycles. The first-order chi connectivity index (χ1) is 10.5. The summed E-state index contributed by atoms with van der Waals surface area (Å²) in [5.74, 6) is -1.15. The summed E-state index contributed by atoms with van der Waals surface area (Å²) in [6, 6.07) is 8.93. The Bertz CT molecular complexity index is 699. The minimum absolute atomic E-state index is 0.0367. The van der Waals surface area contributed by atoms with Crippen molar-refractivity contribution >= 4 is 17.6 Å². The Kier molecular flexibility index (Phi) is 4.83. The molecule has 0 aliphatic rings. The van der Waals surface area contributed by atoms with Crippen molar-refractivity contribution in [2.45, 2.75) is 20.8 Å². The van der Waals surface area contributed by atoms with Crippen molar-refractivity contribution in [1.29, 1.82) is 0 Å². The number of hydrogen-bond donors (Lipinski definition) is 1. The molecule has 6 heteroatoms. The number of amides is 1. The predicted molar refractivity (Wildman–Crippen MR) is 81.9 cm³/mol. The van der Waals surface area contributed by atoms with Crippen molar-refractivity contribution < 1.29 is 14.3 Å². The Hall–Kier alpha value is -2.76. The third-order valence-corrected chi connectivity index (χ3v) is 3.02. The van der Waals surface area contributed by atoms with Crippen LogP contribution in [0.3, 0.4) is 0 Å². The highest BCUT2D eigenvalue weighted by Gasteiger charge is 2.23. The summed E-state index contributed by atoms with van der Waals surface area (Å²) in [7, 11) is 0. The molecule has 6 nitrogen and oxygen atoms in total. The molecule has 1 heterocycles. The van der Waals surface area contributed by atoms with Crippen LogP contribution in [0.4, 0.5) is 5.69 Å². The van der Waals surface area contributed by atoms with Crippen LogP contribution >= 0.6 is 0 Å². The lowest BCUT2D eigenvalue weighted by atomic mass is 10.2. The predicted octanol–water partition coefficient (Wildman–Crippen LogP) is 2.52. The number of esters is 1. The SMILES string of the molecule is CCOC(=O)c1nc(C)c(C)nc1C(=O)Nc1ccccc1. The molecule has 0 fully saturated rings. The fraction of sp³-hybridized carbons (Fsp3) is 0.250. The number of nitrogens with one attached hydrogen (secondary N) is 1. The second-order valence-electron chi connectivity index (χ2n) is 4.63. The molecule has 1 aromatic heterocycles. The molecule has 2 rings (SSSR count). The van der Waals surface area contributed by atoms with Gasteiger partial charge in [0, 0.05) is 5.69 Å². The van der Waals surface area contributed by atoms with E-state index in [1.165, 1.54) is 0 Å². The fourth-order valence-electron chi connectivity index (χ4n) is 1.81. The van der Waals surface area contributed by atoms with Gasteiger partial charge in [0.15, 0.2) is 11.4 Å². The highest BCUT2D eigenvalue weighted by molar-refractivity contribution is 6.08. The number of aryl methyl sites for hydroxylation is 2. The summed E-state index contributed by atoms with van der Waals surface area (Å²) in [6.07, 6.45) is 0. The zero-order valence-electron chi connectivity index (χ0n) is 12.7. The molecule has 0 aliphatic carbocycles. The Labute approximate surface area is 128 Å². The number of nitrogens with zero attached hydrogens (tertiary/aromatic N) is 2. The number of aromatic nitrogens is 2. The number of carbonyl (C=O) groups excluding carboxylic acids is 2. The molecule has 0 radical (unpaired) electrons. The molecule has 2 aromatic rings. The zero-order valence-corrected chi connectivity index (χ0v) is 12.7. The normalized spacial score (nSPS) is 10.1. The zero-order chi connectivity index (χ0) is 16.1. The van der Waals surface area contributed by atoms with Gasteiger partial charge in [-0.1, -0.05) is 18.2 Å². The third kappa shape index (κ3) is 3.46. The Morgan fingerprint density at radius 1 is 1.05 bits per heavy atom. The highest BCUT2D eigenvalue weighted by atomic mass is 16.5. The maximum absolute atomic E-state index is 12.4. The van der Waals surface area contributed by atoms with E-state index in [1.54, 1.807) is 45.0 Å². The number of anilines is 1. The molecule has 0 saturated carbocycles. The average molecular weight is 299 g/mol. The molecule has 22 heavy (non-hydrogen) atoms. The smallest absolute Gasteiger partial charge is 0.359 e. The maximum Gasteiger partial charge on any atom is 0.359 e. The lowest BCUT2D eigenvalue weighted by Crippen LogP contribution is -2.22. The van der Waals surface area contributed by atoms with Crippen molar-refractivity contribution in [3.63, 3.8) is 0 Å². The van der Waals surface area contributed by atoms with E-state index in [2.05, 4.69) is 15.3 Å². The molecule has 114 valence electrons. The monoisotopic (exact) mass is 299 g/mol. The molecule has 0 saturated heterocycles. The average Bonchev–Trinajstić information content (AvgIpc) is 2.50. The summed E-state index contributed by atoms with van der Waals surface area (Å²) in [5.41, 5.74) is 1.68. The van der Waals surface area contributed by atoms with Gasteiger partial charge in [0.05, 0.1) is 18.0 Å². The molecular weight excluding hydrogens is 282 g/mol. The van der Waals surface area contributed by atoms with Gasteiger partial charge < -0.3 is 10.1 Å². The topological polar surface area (TPSA) is 81.2 Å². The number of rotatable bonds is 4. The van der Waals surface area contributed by atoms with Gasteiger partial charge in [-0.25, -0.2) is 14.8 Å². The molecule has 0 unspecified atom stereocenters. The standard InChI is InChI=1S/C16H17N3O3/c1-4-22-16(21)14-13(17-10(2)11(3)18-14)15(20)19-12-8-6-5-7-9-12/h5-9H,4H2,1-3H3,(H,19,20). The minimum atomic E-state index is -0.656. The van der Waals surface area contributed by atoms with Crippen LogP contribution in [0.2, 0.25) is 0 Å². The summed E-state index contributed by atoms with van der Waals surface area (Å²) in [6.45, 7) is 5.35. The van der Waals surface area contributed by atoms with Crippen LogP contribution in [0.5, 0.6) is 0 Å². The molecule has 1 N–H and O–H groups in total. The maximum atomic E-state index is 12.4. The van der Waals surface area contributed by atoms with Crippen molar-refractivity contribution in [1.82, 2.24) is 9.97 Å². The van der Waals surface area contributed by atoms with E-state index in [-0.39, 0.29) is 18.0 Å². The lowest BCUT2D eigenvalue weighted by molar-refractivity contribution is 0.0515. The van der Waals surface area contributed by atoms with E-state index in [1.807, 2.05) is 6.07 Å². The Morgan fingerprint density at radius 2 is 1.64 bits per heavy atom. The number of carbonyl (C=O) groups is 2. The van der Waals surface area contributed by atoms with Crippen LogP contribution < -0.4 is 5.32 Å². The van der Waals surface area contributed by atoms with Crippen molar-refractivity contribution in [3.05, 3.63) is 53.1 Å². The van der Waals surface area contributed by atoms with Crippen LogP contribution in [-0.4, -0.2) is 28.5 Å². The van der Waals surface area contributed by atoms with Gasteiger partial charge in [-0.2, -0.15) is 0 Å². The minimum Gasteiger partial charge on any atom is -0.461 e. The van der Waals surface area contributed by atoms with E-state index >= 15 is 0 Å². The fourth-order valence-corrected chi connectivity index (χ4v) is 1.81. The Morgan fingerprint density at radius 3 is 2.23 bits per heavy atom. The van der Waals surface area contributed by atoms with Crippen LogP contribution in [0.15, 0.2) is 30.3 Å². The molecule has 1 amide bonds. The quantitative estimate of drug-likeness (QED) is 0.877. The van der Waals surface area contributed by atoms with Gasteiger partial charge in [-0.3, -0.25) is 4.79 Å². The van der Waals surface area contributed by atoms with E-state index < -0.39 is 11.9 Å². The van der Waals surface area contributed by atoms with E-state index in [9.17, 15) is 9.59 Å². The van der Waals surface area contributed by atoms with Crippen molar-refractivity contribution in [2.24, 2.45) is 0 Å². The first-order valence-electron chi connectivity index (χ1n) is 6.91. The highest BCUT2D eigenvalue weighted by Crippen LogP contribution is 2.13. The van der Waals surface area contributed by atoms with Crippen LogP contribution in [0.25, 0.3) is 0 Å². The van der Waals surface area contributed by atoms with Crippen molar-refractivity contribution in [2.75, 3.05) is 11.9 Å². The number of hydrogen-bond acceptors (Lipinski definition) is 5. The molecule has 0 spiro atoms. The van der Waals surface area contributed by atoms with Gasteiger partial charge in [0.2, 0.25) is 0 Å². The van der Waals surface area contributed by atoms with Gasteiger partial charge in [-0.15, -0.1) is 0 Å². The summed E-state index contributed by atoms with van der Waals surface area (Å²) < 4.78 is 4.94. The molecule has 0 aliphatic heterocycles. The lowest BCUT2D eigenvalue weighted by Gasteiger charge is -2.10. The molecular formula is C16H17N3O3. The Balaban J connectivity index is 2.38. The largest absolute Gasteiger partial charge is 0.461 e. The van der Waals surface area contributed by atoms with E-state index in [4.69, 9.17) is 4.74 Å². The van der Waals surface area contributed by atoms with Crippen molar-refractivity contribution in [3.8, 4) is 0 Å². The second kappa shape index (κ2) is 6.80. The van der Waals surface area contributed by atoms with Gasteiger partial charge >= 0.3 is 5.97 Å². The summed E-state index contributed by atoms with van der Waals surface area (Å²) in [4.78, 5) is 32.7. The first-order valence-corrected chi connectivity index (χ1v) is 6.91. The van der Waals surface area contributed by atoms with Crippen LogP contribution in [-0.2, 0) is 4.74 Å². The van der Waals surface area contributed by atoms with E-state index in [0.29, 0.717) is 17.1 Å². The summed E-state index contributed by atoms with van der Waals surface area (Å²) >= 11 is 0. The first kappa shape index (κ1) is 15.6. The third-order valence-electron chi connectivity index (χ3n) is 3.02. The summed E-state index contributed by atoms with van der Waals surface area (Å²) in [5, 5.41) is 2.69. The second-order valence-corrected chi connectivity index (χ2v) is 4.63. The van der Waals surface area contributed by atoms with Crippen LogP contribution in [0, 0.1) is 13.8 Å². The number of ether oxygens (including phenoxy) is 1. The molecule has 0 atom stereocenters. The van der Waals surface area contributed by atoms with E-state index in [0.717, 1.165) is 0 Å².